The van der Waals surface area contributed by atoms with Gasteiger partial charge < -0.3 is 10.4 Å². The third kappa shape index (κ3) is 3.81. The first kappa shape index (κ1) is 20.4. The number of aliphatic hydroxyl groups is 1. The summed E-state index contributed by atoms with van der Waals surface area (Å²) in [6.45, 7) is 3.88. The molecule has 0 aromatic carbocycles. The number of nitrogens with two attached hydrogens (primary N) is 1. The smallest absolute Gasteiger partial charge is 0.354 e. The van der Waals surface area contributed by atoms with Crippen molar-refractivity contribution in [3.8, 4) is 0 Å². The van der Waals surface area contributed by atoms with Gasteiger partial charge in [-0.25, -0.2) is 19.1 Å². The number of amides is 2. The van der Waals surface area contributed by atoms with Crippen molar-refractivity contribution >= 4 is 33.0 Å². The maximum absolute atomic E-state index is 12.9. The van der Waals surface area contributed by atoms with Gasteiger partial charge in [0.15, 0.2) is 9.92 Å². The van der Waals surface area contributed by atoms with Crippen LogP contribution in [0.4, 0.5) is 10.5 Å². The van der Waals surface area contributed by atoms with Crippen molar-refractivity contribution in [2.24, 2.45) is 9.50 Å². The van der Waals surface area contributed by atoms with Gasteiger partial charge in [0.2, 0.25) is 0 Å². The van der Waals surface area contributed by atoms with Gasteiger partial charge in [-0.2, -0.15) is 0 Å². The van der Waals surface area contributed by atoms with Gasteiger partial charge >= 0.3 is 6.03 Å². The van der Waals surface area contributed by atoms with E-state index in [0.717, 1.165) is 71.6 Å². The first-order chi connectivity index (χ1) is 13.8. The molecule has 3 atom stereocenters. The Hall–Kier alpha value is -1.88. The van der Waals surface area contributed by atoms with Crippen LogP contribution in [0.5, 0.6) is 0 Å². The van der Waals surface area contributed by atoms with Crippen molar-refractivity contribution in [1.29, 1.82) is 0 Å². The molecule has 4 N–H and O–H groups in total. The summed E-state index contributed by atoms with van der Waals surface area (Å²) in [5.74, 6) is 0.174. The van der Waals surface area contributed by atoms with Gasteiger partial charge in [0, 0.05) is 17.3 Å². The summed E-state index contributed by atoms with van der Waals surface area (Å²) < 4.78 is 16.9. The largest absolute Gasteiger partial charge is 0.396 e. The van der Waals surface area contributed by atoms with E-state index in [0.29, 0.717) is 10.9 Å². The predicted molar refractivity (Wildman–Crippen MR) is 113 cm³/mol. The van der Waals surface area contributed by atoms with Crippen molar-refractivity contribution in [3.05, 3.63) is 33.7 Å². The number of pyridine rings is 1. The normalized spacial score (nSPS) is 20.6. The topological polar surface area (TPSA) is 131 Å². The van der Waals surface area contributed by atoms with Crippen molar-refractivity contribution in [2.75, 3.05) is 11.9 Å². The lowest BCUT2D eigenvalue weighted by atomic mass is 10.0. The number of thiazole rings is 1. The van der Waals surface area contributed by atoms with Gasteiger partial charge in [-0.3, -0.25) is 4.98 Å². The van der Waals surface area contributed by atoms with Crippen molar-refractivity contribution in [1.82, 2.24) is 9.97 Å². The summed E-state index contributed by atoms with van der Waals surface area (Å²) in [5.41, 5.74) is 5.03. The highest BCUT2D eigenvalue weighted by Gasteiger charge is 2.30. The SMILES string of the molecule is C[C@H](CO)c1ncc(S(N)(=O)=NC(=O)Nc2c3c(nc4c2CC[C@H]4C)CCC3)s1. The standard InChI is InChI=1S/C19H25N5O3S2/c1-10-6-7-13-16(10)22-14-5-3-4-12(14)17(13)23-19(26)24-29(20,27)15-8-21-18(28-15)11(2)9-25/h8,10-11,25H,3-7,9H2,1-2H3,(H3,20,22,23,24,26,27)/t10-,11-,29?/m1/s1. The van der Waals surface area contributed by atoms with Gasteiger partial charge in [-0.1, -0.05) is 13.8 Å². The molecule has 8 nitrogen and oxygen atoms in total. The first-order valence-electron chi connectivity index (χ1n) is 9.77. The molecule has 0 fully saturated rings. The average Bonchev–Trinajstić information content (AvgIpc) is 3.41. The molecule has 0 aliphatic heterocycles. The summed E-state index contributed by atoms with van der Waals surface area (Å²) in [4.78, 5) is 21.7. The highest BCUT2D eigenvalue weighted by molar-refractivity contribution is 7.93. The van der Waals surface area contributed by atoms with Gasteiger partial charge in [-0.15, -0.1) is 15.7 Å². The molecule has 29 heavy (non-hydrogen) atoms. The fourth-order valence-electron chi connectivity index (χ4n) is 3.96. The second-order valence-corrected chi connectivity index (χ2v) is 10.8. The number of anilines is 1. The van der Waals surface area contributed by atoms with Gasteiger partial charge in [0.25, 0.3) is 0 Å². The predicted octanol–water partition coefficient (Wildman–Crippen LogP) is 3.11. The second-order valence-electron chi connectivity index (χ2n) is 7.76. The zero-order chi connectivity index (χ0) is 20.8. The Kier molecular flexibility index (Phi) is 5.45. The lowest BCUT2D eigenvalue weighted by molar-refractivity contribution is 0.260. The summed E-state index contributed by atoms with van der Waals surface area (Å²) in [7, 11) is -3.42. The first-order valence-corrected chi connectivity index (χ1v) is 12.2. The lowest BCUT2D eigenvalue weighted by Gasteiger charge is -2.15. The Balaban J connectivity index is 1.64. The Morgan fingerprint density at radius 3 is 3.00 bits per heavy atom. The number of nitrogens with one attached hydrogen (secondary N) is 1. The van der Waals surface area contributed by atoms with E-state index in [4.69, 9.17) is 10.1 Å². The Bertz CT molecular complexity index is 1090. The van der Waals surface area contributed by atoms with Crippen LogP contribution in [0.15, 0.2) is 14.8 Å². The van der Waals surface area contributed by atoms with Crippen molar-refractivity contribution < 1.29 is 14.1 Å². The molecule has 0 radical (unpaired) electrons. The fourth-order valence-corrected chi connectivity index (χ4v) is 6.09. The van der Waals surface area contributed by atoms with Gasteiger partial charge in [0.05, 0.1) is 23.5 Å². The molecule has 2 aromatic heterocycles. The summed E-state index contributed by atoms with van der Waals surface area (Å²) in [6, 6.07) is -0.718. The van der Waals surface area contributed by atoms with E-state index < -0.39 is 15.9 Å². The number of aromatic nitrogens is 2. The molecule has 156 valence electrons. The quantitative estimate of drug-likeness (QED) is 0.679. The van der Waals surface area contributed by atoms with Gasteiger partial charge in [0.1, 0.15) is 4.21 Å². The number of aliphatic hydroxyl groups excluding tert-OH is 1. The third-order valence-electron chi connectivity index (χ3n) is 5.59. The molecule has 2 heterocycles. The molecule has 1 unspecified atom stereocenters. The Labute approximate surface area is 174 Å². The van der Waals surface area contributed by atoms with E-state index in [9.17, 15) is 14.1 Å². The molecule has 0 saturated heterocycles. The van der Waals surface area contributed by atoms with E-state index in [1.807, 2.05) is 0 Å². The van der Waals surface area contributed by atoms with Crippen LogP contribution >= 0.6 is 11.3 Å². The van der Waals surface area contributed by atoms with E-state index >= 15 is 0 Å². The van der Waals surface area contributed by atoms with E-state index in [1.54, 1.807) is 6.92 Å². The van der Waals surface area contributed by atoms with Crippen molar-refractivity contribution in [3.63, 3.8) is 0 Å². The van der Waals surface area contributed by atoms with Gasteiger partial charge in [-0.05, 0) is 49.1 Å². The van der Waals surface area contributed by atoms with Crippen LogP contribution in [0.3, 0.4) is 0 Å². The van der Waals surface area contributed by atoms with Crippen molar-refractivity contribution in [2.45, 2.75) is 62.0 Å². The number of hydrogen-bond donors (Lipinski definition) is 3. The number of carbonyl (C=O) groups excluding carboxylic acids is 1. The molecule has 0 saturated carbocycles. The zero-order valence-electron chi connectivity index (χ0n) is 16.5. The summed E-state index contributed by atoms with van der Waals surface area (Å²) >= 11 is 1.11. The molecule has 10 heteroatoms. The molecular formula is C19H25N5O3S2. The Morgan fingerprint density at radius 1 is 1.45 bits per heavy atom. The number of fused-ring (bicyclic) bond motifs is 2. The van der Waals surface area contributed by atoms with Crippen LogP contribution in [0.2, 0.25) is 0 Å². The number of rotatable bonds is 4. The minimum absolute atomic E-state index is 0.0764. The van der Waals surface area contributed by atoms with Crippen LogP contribution in [-0.2, 0) is 29.2 Å². The second kappa shape index (κ2) is 7.75. The molecule has 4 rings (SSSR count). The molecule has 0 bridgehead atoms. The van der Waals surface area contributed by atoms with E-state index in [2.05, 4.69) is 21.6 Å². The number of urea groups is 1. The average molecular weight is 436 g/mol. The fraction of sp³-hybridized carbons (Fsp3) is 0.526. The molecule has 0 spiro atoms. The number of carbonyl (C=O) groups is 1. The number of nitrogens with zero attached hydrogens (tertiary/aromatic N) is 3. The minimum atomic E-state index is -3.42. The van der Waals surface area contributed by atoms with Crippen LogP contribution in [0.25, 0.3) is 0 Å². The number of hydrogen-bond acceptors (Lipinski definition) is 6. The maximum Gasteiger partial charge on any atom is 0.354 e. The monoisotopic (exact) mass is 435 g/mol. The summed E-state index contributed by atoms with van der Waals surface area (Å²) in [5, 5.41) is 18.6. The highest BCUT2D eigenvalue weighted by Crippen LogP contribution is 2.41. The third-order valence-corrected chi connectivity index (χ3v) is 8.70. The summed E-state index contributed by atoms with van der Waals surface area (Å²) in [6.07, 6.45) is 6.03. The Morgan fingerprint density at radius 2 is 2.24 bits per heavy atom. The number of aryl methyl sites for hydroxylation is 1. The maximum atomic E-state index is 12.9. The highest BCUT2D eigenvalue weighted by atomic mass is 32.2. The van der Waals surface area contributed by atoms with E-state index in [-0.39, 0.29) is 16.7 Å². The molecule has 2 aromatic rings. The molecule has 2 aliphatic carbocycles. The van der Waals surface area contributed by atoms with Crippen LogP contribution < -0.4 is 10.5 Å². The molecular weight excluding hydrogens is 410 g/mol. The van der Waals surface area contributed by atoms with Crippen LogP contribution in [0, 0.1) is 0 Å². The molecule has 2 amide bonds. The van der Waals surface area contributed by atoms with E-state index in [1.165, 1.54) is 6.20 Å². The van der Waals surface area contributed by atoms with Crippen LogP contribution in [0.1, 0.15) is 66.0 Å². The van der Waals surface area contributed by atoms with Crippen LogP contribution in [-0.4, -0.2) is 31.9 Å². The lowest BCUT2D eigenvalue weighted by Crippen LogP contribution is -2.18. The minimum Gasteiger partial charge on any atom is -0.396 e. The molecule has 2 aliphatic rings. The zero-order valence-corrected chi connectivity index (χ0v) is 18.1.